The second-order valence-corrected chi connectivity index (χ2v) is 9.50. The van der Waals surface area contributed by atoms with Crippen LogP contribution in [0.25, 0.3) is 21.7 Å². The lowest BCUT2D eigenvalue weighted by Gasteiger charge is -2.39. The van der Waals surface area contributed by atoms with Crippen molar-refractivity contribution in [3.05, 3.63) is 76.0 Å². The van der Waals surface area contributed by atoms with E-state index < -0.39 is 5.97 Å². The molecule has 1 saturated heterocycles. The number of furan rings is 1. The third kappa shape index (κ3) is 4.16. The summed E-state index contributed by atoms with van der Waals surface area (Å²) in [6, 6.07) is 15.0. The normalized spacial score (nSPS) is 16.1. The van der Waals surface area contributed by atoms with E-state index in [-0.39, 0.29) is 18.4 Å². The smallest absolute Gasteiger partial charge is 0.342 e. The van der Waals surface area contributed by atoms with E-state index in [4.69, 9.17) is 20.8 Å². The van der Waals surface area contributed by atoms with Crippen LogP contribution in [0.3, 0.4) is 0 Å². The maximum atomic E-state index is 13.2. The number of phenols is 1. The molecule has 35 heavy (non-hydrogen) atoms. The Morgan fingerprint density at radius 3 is 2.51 bits per heavy atom. The number of piperazine rings is 1. The van der Waals surface area contributed by atoms with Crippen LogP contribution in [-0.4, -0.2) is 60.7 Å². The molecule has 1 atom stereocenters. The average molecular weight is 493 g/mol. The average Bonchev–Trinajstić information content (AvgIpc) is 3.19. The number of fused-ring (bicyclic) bond motifs is 3. The van der Waals surface area contributed by atoms with Gasteiger partial charge in [-0.15, -0.1) is 0 Å². The van der Waals surface area contributed by atoms with Crippen LogP contribution >= 0.6 is 11.6 Å². The van der Waals surface area contributed by atoms with Crippen LogP contribution in [0.15, 0.2) is 52.9 Å². The first-order valence-corrected chi connectivity index (χ1v) is 12.3. The Balaban J connectivity index is 1.88. The second kappa shape index (κ2) is 9.53. The molecule has 1 fully saturated rings. The molecule has 1 aliphatic heterocycles. The predicted octanol–water partition coefficient (Wildman–Crippen LogP) is 5.77. The first-order valence-electron chi connectivity index (χ1n) is 11.9. The summed E-state index contributed by atoms with van der Waals surface area (Å²) in [7, 11) is 2.11. The first-order chi connectivity index (χ1) is 16.9. The van der Waals surface area contributed by atoms with Gasteiger partial charge < -0.3 is 19.2 Å². The van der Waals surface area contributed by atoms with Gasteiger partial charge in [-0.1, -0.05) is 48.0 Å². The summed E-state index contributed by atoms with van der Waals surface area (Å²) < 4.78 is 11.6. The Kier molecular flexibility index (Phi) is 6.45. The van der Waals surface area contributed by atoms with Crippen molar-refractivity contribution in [1.29, 1.82) is 0 Å². The quantitative estimate of drug-likeness (QED) is 0.357. The molecule has 5 rings (SSSR count). The minimum atomic E-state index is -0.456. The number of carbonyl (C=O) groups is 1. The van der Waals surface area contributed by atoms with Crippen molar-refractivity contribution in [2.75, 3.05) is 39.8 Å². The van der Waals surface area contributed by atoms with Crippen molar-refractivity contribution >= 4 is 39.3 Å². The number of ether oxygens (including phenoxy) is 1. The maximum absolute atomic E-state index is 13.2. The highest BCUT2D eigenvalue weighted by atomic mass is 35.5. The fourth-order valence-corrected chi connectivity index (χ4v) is 5.37. The van der Waals surface area contributed by atoms with Gasteiger partial charge in [0, 0.05) is 52.9 Å². The van der Waals surface area contributed by atoms with Crippen LogP contribution in [0, 0.1) is 6.92 Å². The van der Waals surface area contributed by atoms with Crippen molar-refractivity contribution in [1.82, 2.24) is 9.80 Å². The van der Waals surface area contributed by atoms with Gasteiger partial charge in [-0.2, -0.15) is 0 Å². The van der Waals surface area contributed by atoms with E-state index in [2.05, 4.69) is 16.8 Å². The maximum Gasteiger partial charge on any atom is 0.342 e. The molecule has 1 aliphatic rings. The molecule has 7 heteroatoms. The van der Waals surface area contributed by atoms with Crippen LogP contribution in [-0.2, 0) is 4.74 Å². The van der Waals surface area contributed by atoms with Crippen LogP contribution < -0.4 is 0 Å². The summed E-state index contributed by atoms with van der Waals surface area (Å²) in [6.07, 6.45) is 0. The Hall–Kier alpha value is -3.06. The summed E-state index contributed by atoms with van der Waals surface area (Å²) in [5.74, 6) is 0.157. The minimum Gasteiger partial charge on any atom is -0.507 e. The number of halogens is 1. The van der Waals surface area contributed by atoms with Crippen LogP contribution in [0.2, 0.25) is 5.02 Å². The largest absolute Gasteiger partial charge is 0.507 e. The SMILES string of the molecule is CCOC(=O)c1c(C)oc2c1c(C(c1cccc(Cl)c1)N1CCN(C)CC1)c(O)c1ccccc12. The molecule has 3 aromatic carbocycles. The molecule has 0 bridgehead atoms. The molecular formula is C28H29ClN2O4. The molecule has 2 heterocycles. The molecular weight excluding hydrogens is 464 g/mol. The summed E-state index contributed by atoms with van der Waals surface area (Å²) in [4.78, 5) is 17.8. The van der Waals surface area contributed by atoms with Gasteiger partial charge in [-0.25, -0.2) is 4.79 Å². The lowest BCUT2D eigenvalue weighted by atomic mass is 9.88. The monoisotopic (exact) mass is 492 g/mol. The van der Waals surface area contributed by atoms with Crippen molar-refractivity contribution in [3.63, 3.8) is 0 Å². The van der Waals surface area contributed by atoms with Gasteiger partial charge in [-0.3, -0.25) is 4.90 Å². The van der Waals surface area contributed by atoms with Gasteiger partial charge in [0.2, 0.25) is 0 Å². The Morgan fingerprint density at radius 2 is 1.83 bits per heavy atom. The van der Waals surface area contributed by atoms with Crippen molar-refractivity contribution in [2.24, 2.45) is 0 Å². The van der Waals surface area contributed by atoms with Crippen molar-refractivity contribution in [2.45, 2.75) is 19.9 Å². The zero-order chi connectivity index (χ0) is 24.7. The molecule has 6 nitrogen and oxygen atoms in total. The van der Waals surface area contributed by atoms with E-state index in [0.29, 0.717) is 38.3 Å². The highest BCUT2D eigenvalue weighted by Crippen LogP contribution is 2.47. The van der Waals surface area contributed by atoms with E-state index in [1.807, 2.05) is 48.5 Å². The van der Waals surface area contributed by atoms with E-state index in [0.717, 1.165) is 37.1 Å². The zero-order valence-corrected chi connectivity index (χ0v) is 20.9. The molecule has 0 amide bonds. The molecule has 0 aliphatic carbocycles. The Labute approximate surface area is 209 Å². The lowest BCUT2D eigenvalue weighted by Crippen LogP contribution is -2.46. The number of phenolic OH excluding ortho intramolecular Hbond substituents is 1. The number of hydrogen-bond donors (Lipinski definition) is 1. The van der Waals surface area contributed by atoms with E-state index in [1.54, 1.807) is 13.8 Å². The van der Waals surface area contributed by atoms with Crippen LogP contribution in [0.4, 0.5) is 0 Å². The number of carbonyl (C=O) groups excluding carboxylic acids is 1. The second-order valence-electron chi connectivity index (χ2n) is 9.06. The molecule has 1 aromatic heterocycles. The number of nitrogens with zero attached hydrogens (tertiary/aromatic N) is 2. The van der Waals surface area contributed by atoms with Gasteiger partial charge in [0.05, 0.1) is 12.6 Å². The van der Waals surface area contributed by atoms with Gasteiger partial charge >= 0.3 is 5.97 Å². The van der Waals surface area contributed by atoms with E-state index in [9.17, 15) is 9.90 Å². The molecule has 1 N–H and O–H groups in total. The molecule has 0 spiro atoms. The van der Waals surface area contributed by atoms with E-state index in [1.165, 1.54) is 0 Å². The van der Waals surface area contributed by atoms with Gasteiger partial charge in [-0.05, 0) is 38.6 Å². The van der Waals surface area contributed by atoms with Gasteiger partial charge in [0.25, 0.3) is 0 Å². The molecule has 4 aromatic rings. The standard InChI is InChI=1S/C28H29ClN2O4/c1-4-34-28(33)22-17(2)35-27-21-11-6-5-10-20(21)26(32)24(23(22)27)25(18-8-7-9-19(29)16-18)31-14-12-30(3)13-15-31/h5-11,16,25,32H,4,12-15H2,1-3H3. The highest BCUT2D eigenvalue weighted by molar-refractivity contribution is 6.30. The lowest BCUT2D eigenvalue weighted by molar-refractivity contribution is 0.0526. The van der Waals surface area contributed by atoms with Crippen molar-refractivity contribution < 1.29 is 19.1 Å². The Bertz CT molecular complexity index is 1410. The van der Waals surface area contributed by atoms with Crippen LogP contribution in [0.1, 0.15) is 40.2 Å². The fourth-order valence-electron chi connectivity index (χ4n) is 5.17. The number of likely N-dealkylation sites (N-methyl/N-ethyl adjacent to an activating group) is 1. The molecule has 1 unspecified atom stereocenters. The van der Waals surface area contributed by atoms with Crippen LogP contribution in [0.5, 0.6) is 5.75 Å². The first kappa shape index (κ1) is 23.7. The summed E-state index contributed by atoms with van der Waals surface area (Å²) in [6.45, 7) is 7.18. The zero-order valence-electron chi connectivity index (χ0n) is 20.2. The number of benzene rings is 3. The Morgan fingerprint density at radius 1 is 1.11 bits per heavy atom. The topological polar surface area (TPSA) is 66.2 Å². The van der Waals surface area contributed by atoms with Gasteiger partial charge in [0.1, 0.15) is 22.7 Å². The fraction of sp³-hybridized carbons (Fsp3) is 0.321. The number of rotatable bonds is 5. The van der Waals surface area contributed by atoms with E-state index >= 15 is 0 Å². The molecule has 0 saturated carbocycles. The third-order valence-corrected chi connectivity index (χ3v) is 7.09. The highest BCUT2D eigenvalue weighted by Gasteiger charge is 2.34. The third-order valence-electron chi connectivity index (χ3n) is 6.86. The number of esters is 1. The number of aryl methyl sites for hydroxylation is 1. The predicted molar refractivity (Wildman–Crippen MR) is 138 cm³/mol. The van der Waals surface area contributed by atoms with Gasteiger partial charge in [0.15, 0.2) is 0 Å². The summed E-state index contributed by atoms with van der Waals surface area (Å²) in [5.41, 5.74) is 2.53. The number of hydrogen-bond acceptors (Lipinski definition) is 6. The number of aromatic hydroxyl groups is 1. The molecule has 0 radical (unpaired) electrons. The van der Waals surface area contributed by atoms with Crippen molar-refractivity contribution in [3.8, 4) is 5.75 Å². The molecule has 182 valence electrons. The minimum absolute atomic E-state index is 0.142. The summed E-state index contributed by atoms with van der Waals surface area (Å²) >= 11 is 6.44. The summed E-state index contributed by atoms with van der Waals surface area (Å²) in [5, 5.41) is 14.5.